The molecule has 0 aliphatic carbocycles. The Morgan fingerprint density at radius 1 is 1.00 bits per heavy atom. The van der Waals surface area contributed by atoms with Crippen molar-refractivity contribution in [2.24, 2.45) is 0 Å². The Morgan fingerprint density at radius 3 is 2.14 bits per heavy atom. The second-order valence-corrected chi connectivity index (χ2v) is 9.56. The molecule has 4 rings (SSSR count). The number of sulfonamides is 1. The molecule has 0 atom stereocenters. The molecule has 2 heterocycles. The van der Waals surface area contributed by atoms with E-state index in [1.807, 2.05) is 0 Å². The molecule has 0 saturated heterocycles. The Hall–Kier alpha value is -3.20. The van der Waals surface area contributed by atoms with Gasteiger partial charge >= 0.3 is 5.97 Å². The second-order valence-electron chi connectivity index (χ2n) is 7.04. The van der Waals surface area contributed by atoms with Crippen LogP contribution in [0.4, 0.5) is 5.69 Å². The van der Waals surface area contributed by atoms with Crippen LogP contribution in [0.15, 0.2) is 42.5 Å². The molecule has 2 amide bonds. The lowest BCUT2D eigenvalue weighted by Gasteiger charge is -2.19. The van der Waals surface area contributed by atoms with Crippen molar-refractivity contribution >= 4 is 33.5 Å². The maximum atomic E-state index is 12.6. The van der Waals surface area contributed by atoms with Gasteiger partial charge in [0.25, 0.3) is 11.8 Å². The Kier molecular flexibility index (Phi) is 3.67. The second kappa shape index (κ2) is 5.65. The molecule has 8 nitrogen and oxygen atoms in total. The Morgan fingerprint density at radius 2 is 1.57 bits per heavy atom. The summed E-state index contributed by atoms with van der Waals surface area (Å²) in [4.78, 5) is 42.3. The summed E-state index contributed by atoms with van der Waals surface area (Å²) in [5, 5.41) is 0.425. The number of anilines is 1. The van der Waals surface area contributed by atoms with E-state index < -0.39 is 32.6 Å². The van der Waals surface area contributed by atoms with E-state index in [4.69, 9.17) is 4.84 Å². The summed E-state index contributed by atoms with van der Waals surface area (Å²) in [5.41, 5.74) is 1.24. The van der Waals surface area contributed by atoms with Crippen molar-refractivity contribution < 1.29 is 27.6 Å². The highest BCUT2D eigenvalue weighted by atomic mass is 32.2. The van der Waals surface area contributed by atoms with Gasteiger partial charge < -0.3 is 4.84 Å². The van der Waals surface area contributed by atoms with Crippen LogP contribution >= 0.6 is 0 Å². The molecular formula is C19H16N2O6S. The molecular weight excluding hydrogens is 384 g/mol. The van der Waals surface area contributed by atoms with Crippen LogP contribution in [0.5, 0.6) is 0 Å². The zero-order valence-electron chi connectivity index (χ0n) is 15.3. The van der Waals surface area contributed by atoms with Gasteiger partial charge in [-0.15, -0.1) is 0 Å². The fraction of sp³-hybridized carbons (Fsp3) is 0.211. The normalized spacial score (nSPS) is 18.8. The van der Waals surface area contributed by atoms with Crippen molar-refractivity contribution in [1.82, 2.24) is 5.06 Å². The number of hydrogen-bond donors (Lipinski definition) is 0. The van der Waals surface area contributed by atoms with Crippen LogP contribution in [-0.2, 0) is 19.6 Å². The largest absolute Gasteiger partial charge is 0.363 e. The lowest BCUT2D eigenvalue weighted by molar-refractivity contribution is -0.0584. The van der Waals surface area contributed by atoms with Crippen molar-refractivity contribution in [3.05, 3.63) is 64.7 Å². The van der Waals surface area contributed by atoms with E-state index in [0.717, 1.165) is 0 Å². The quantitative estimate of drug-likeness (QED) is 0.716. The fourth-order valence-electron chi connectivity index (χ4n) is 3.42. The van der Waals surface area contributed by atoms with Gasteiger partial charge in [0.2, 0.25) is 10.0 Å². The number of benzene rings is 2. The van der Waals surface area contributed by atoms with Crippen LogP contribution in [0.25, 0.3) is 0 Å². The molecule has 0 fully saturated rings. The molecule has 2 aliphatic rings. The Labute approximate surface area is 161 Å². The van der Waals surface area contributed by atoms with Gasteiger partial charge in [0, 0.05) is 7.05 Å². The van der Waals surface area contributed by atoms with Crippen LogP contribution < -0.4 is 4.31 Å². The molecule has 9 heteroatoms. The summed E-state index contributed by atoms with van der Waals surface area (Å²) in [5.74, 6) is -2.38. The number of fused-ring (bicyclic) bond motifs is 2. The molecule has 0 spiro atoms. The maximum absolute atomic E-state index is 12.6. The molecule has 0 bridgehead atoms. The number of rotatable bonds is 2. The minimum atomic E-state index is -3.62. The van der Waals surface area contributed by atoms with Gasteiger partial charge in [0.05, 0.1) is 22.4 Å². The van der Waals surface area contributed by atoms with Gasteiger partial charge in [0.15, 0.2) is 0 Å². The van der Waals surface area contributed by atoms with Gasteiger partial charge in [-0.05, 0) is 49.7 Å². The van der Waals surface area contributed by atoms with E-state index in [9.17, 15) is 22.8 Å². The first-order chi connectivity index (χ1) is 13.1. The molecule has 2 aromatic carbocycles. The molecule has 144 valence electrons. The predicted octanol–water partition coefficient (Wildman–Crippen LogP) is 2.07. The minimum Gasteiger partial charge on any atom is -0.324 e. The third kappa shape index (κ3) is 2.22. The van der Waals surface area contributed by atoms with Crippen LogP contribution in [0.2, 0.25) is 0 Å². The van der Waals surface area contributed by atoms with E-state index in [-0.39, 0.29) is 16.7 Å². The number of amides is 2. The number of hydroxylamine groups is 2. The average molecular weight is 400 g/mol. The SMILES string of the molecule is CN1c2ccc(C(=O)ON3C(=O)c4ccccc4C3=O)cc2C(C)(C)S1(=O)=O. The first-order valence-corrected chi connectivity index (χ1v) is 9.84. The summed E-state index contributed by atoms with van der Waals surface area (Å²) in [6.45, 7) is 3.09. The highest BCUT2D eigenvalue weighted by Gasteiger charge is 2.48. The van der Waals surface area contributed by atoms with Crippen molar-refractivity contribution in [2.75, 3.05) is 11.4 Å². The van der Waals surface area contributed by atoms with Crippen LogP contribution in [0.1, 0.15) is 50.5 Å². The first-order valence-electron chi connectivity index (χ1n) is 8.40. The summed E-state index contributed by atoms with van der Waals surface area (Å²) in [7, 11) is -2.17. The molecule has 0 aromatic heterocycles. The molecule has 0 N–H and O–H groups in total. The zero-order chi connectivity index (χ0) is 20.4. The van der Waals surface area contributed by atoms with Gasteiger partial charge in [-0.1, -0.05) is 17.2 Å². The monoisotopic (exact) mass is 400 g/mol. The van der Waals surface area contributed by atoms with Crippen LogP contribution in [-0.4, -0.2) is 38.3 Å². The number of hydrogen-bond acceptors (Lipinski definition) is 6. The molecule has 2 aliphatic heterocycles. The number of carbonyl (C=O) groups excluding carboxylic acids is 3. The number of nitrogens with zero attached hydrogens (tertiary/aromatic N) is 2. The highest BCUT2D eigenvalue weighted by Crippen LogP contribution is 2.46. The number of carbonyl (C=O) groups is 3. The van der Waals surface area contributed by atoms with Crippen molar-refractivity contribution in [3.8, 4) is 0 Å². The third-order valence-corrected chi connectivity index (χ3v) is 7.58. The standard InChI is InChI=1S/C19H16N2O6S/c1-19(2)14-10-11(8-9-15(14)20(3)28(19,25)26)18(24)27-21-16(22)12-6-4-5-7-13(12)17(21)23/h4-10H,1-3H3. The lowest BCUT2D eigenvalue weighted by atomic mass is 9.98. The first kappa shape index (κ1) is 18.2. The van der Waals surface area contributed by atoms with Gasteiger partial charge in [-0.3, -0.25) is 13.9 Å². The van der Waals surface area contributed by atoms with Crippen molar-refractivity contribution in [3.63, 3.8) is 0 Å². The van der Waals surface area contributed by atoms with Crippen molar-refractivity contribution in [2.45, 2.75) is 18.6 Å². The Bertz CT molecular complexity index is 1130. The van der Waals surface area contributed by atoms with E-state index in [2.05, 4.69) is 0 Å². The van der Waals surface area contributed by atoms with Gasteiger partial charge in [-0.25, -0.2) is 13.2 Å². The number of imide groups is 1. The summed E-state index contributed by atoms with van der Waals surface area (Å²) in [6.07, 6.45) is 0. The third-order valence-electron chi connectivity index (χ3n) is 5.16. The summed E-state index contributed by atoms with van der Waals surface area (Å²) < 4.78 is 25.0. The molecule has 2 aromatic rings. The molecule has 0 saturated carbocycles. The smallest absolute Gasteiger partial charge is 0.324 e. The van der Waals surface area contributed by atoms with Gasteiger partial charge in [0.1, 0.15) is 4.75 Å². The topological polar surface area (TPSA) is 101 Å². The summed E-state index contributed by atoms with van der Waals surface area (Å²) in [6, 6.07) is 10.5. The van der Waals surface area contributed by atoms with Crippen LogP contribution in [0.3, 0.4) is 0 Å². The minimum absolute atomic E-state index is 0.0360. The van der Waals surface area contributed by atoms with E-state index in [0.29, 0.717) is 16.3 Å². The predicted molar refractivity (Wildman–Crippen MR) is 99.1 cm³/mol. The van der Waals surface area contributed by atoms with E-state index in [1.54, 1.807) is 26.0 Å². The zero-order valence-corrected chi connectivity index (χ0v) is 16.1. The lowest BCUT2D eigenvalue weighted by Crippen LogP contribution is -2.33. The maximum Gasteiger partial charge on any atom is 0.363 e. The van der Waals surface area contributed by atoms with Crippen LogP contribution in [0, 0.1) is 0 Å². The average Bonchev–Trinajstić information content (AvgIpc) is 2.98. The molecule has 0 radical (unpaired) electrons. The summed E-state index contributed by atoms with van der Waals surface area (Å²) >= 11 is 0. The highest BCUT2D eigenvalue weighted by molar-refractivity contribution is 7.94. The van der Waals surface area contributed by atoms with Crippen molar-refractivity contribution in [1.29, 1.82) is 0 Å². The molecule has 0 unspecified atom stereocenters. The molecule has 28 heavy (non-hydrogen) atoms. The Balaban J connectivity index is 1.65. The van der Waals surface area contributed by atoms with Gasteiger partial charge in [-0.2, -0.15) is 0 Å². The van der Waals surface area contributed by atoms with E-state index in [1.165, 1.54) is 41.7 Å². The van der Waals surface area contributed by atoms with E-state index >= 15 is 0 Å². The fourth-order valence-corrected chi connectivity index (χ4v) is 4.96.